The first-order valence-electron chi connectivity index (χ1n) is 13.4. The molecule has 4 heteroatoms. The second-order valence-corrected chi connectivity index (χ2v) is 10.0. The Balaban J connectivity index is 1.39. The first-order valence-corrected chi connectivity index (χ1v) is 13.4. The average molecular weight is 500 g/mol. The lowest BCUT2D eigenvalue weighted by Gasteiger charge is -2.20. The van der Waals surface area contributed by atoms with E-state index in [9.17, 15) is 10.1 Å². The number of aromatic nitrogens is 1. The number of carbonyl (C=O) groups excluding carboxylic acids is 1. The number of amides is 1. The zero-order valence-corrected chi connectivity index (χ0v) is 22.3. The quantitative estimate of drug-likeness (QED) is 0.284. The zero-order valence-electron chi connectivity index (χ0n) is 22.3. The Bertz CT molecular complexity index is 1600. The summed E-state index contributed by atoms with van der Waals surface area (Å²) in [5, 5.41) is 13.8. The number of benzene rings is 3. The summed E-state index contributed by atoms with van der Waals surface area (Å²) in [5.74, 6) is -0.0309. The number of nitrogens with one attached hydrogen (secondary N) is 1. The van der Waals surface area contributed by atoms with Crippen molar-refractivity contribution in [2.45, 2.75) is 52.6 Å². The summed E-state index contributed by atoms with van der Waals surface area (Å²) in [7, 11) is 0. The van der Waals surface area contributed by atoms with E-state index in [1.54, 1.807) is 0 Å². The number of nitriles is 1. The minimum Gasteiger partial charge on any atom is -0.345 e. The first-order chi connectivity index (χ1) is 18.5. The van der Waals surface area contributed by atoms with Crippen molar-refractivity contribution in [1.29, 1.82) is 5.26 Å². The van der Waals surface area contributed by atoms with Gasteiger partial charge < -0.3 is 9.88 Å². The lowest BCUT2D eigenvalue weighted by Crippen LogP contribution is -2.35. The molecule has 1 aromatic heterocycles. The van der Waals surface area contributed by atoms with Crippen LogP contribution in [0.25, 0.3) is 22.0 Å². The maximum Gasteiger partial charge on any atom is 0.251 e. The molecule has 1 heterocycles. The van der Waals surface area contributed by atoms with E-state index in [1.165, 1.54) is 22.4 Å². The number of carbonyl (C=O) groups is 1. The Hall–Kier alpha value is -4.36. The Morgan fingerprint density at radius 3 is 2.55 bits per heavy atom. The fraction of sp³-hybridized carbons (Fsp3) is 0.235. The van der Waals surface area contributed by atoms with Crippen molar-refractivity contribution >= 4 is 16.8 Å². The van der Waals surface area contributed by atoms with Crippen molar-refractivity contribution in [1.82, 2.24) is 9.88 Å². The molecule has 0 aliphatic heterocycles. The third kappa shape index (κ3) is 4.93. The molecule has 5 rings (SSSR count). The van der Waals surface area contributed by atoms with Crippen LogP contribution in [0.4, 0.5) is 0 Å². The molecule has 4 aromatic rings. The molecule has 1 aliphatic rings. The smallest absolute Gasteiger partial charge is 0.251 e. The van der Waals surface area contributed by atoms with E-state index in [0.29, 0.717) is 11.1 Å². The van der Waals surface area contributed by atoms with Crippen LogP contribution in [0.2, 0.25) is 0 Å². The summed E-state index contributed by atoms with van der Waals surface area (Å²) in [5.41, 5.74) is 9.26. The average Bonchev–Trinajstić information content (AvgIpc) is 3.20. The van der Waals surface area contributed by atoms with Gasteiger partial charge in [0.2, 0.25) is 0 Å². The monoisotopic (exact) mass is 499 g/mol. The number of rotatable bonds is 7. The second-order valence-electron chi connectivity index (χ2n) is 10.0. The Morgan fingerprint density at radius 1 is 1.05 bits per heavy atom. The maximum absolute atomic E-state index is 13.2. The Labute approximate surface area is 224 Å². The van der Waals surface area contributed by atoms with E-state index in [0.717, 1.165) is 47.8 Å². The summed E-state index contributed by atoms with van der Waals surface area (Å²) in [6.07, 6.45) is 9.53. The molecular weight excluding hydrogens is 466 g/mol. The third-order valence-corrected chi connectivity index (χ3v) is 7.69. The van der Waals surface area contributed by atoms with Crippen LogP contribution in [-0.2, 0) is 6.54 Å². The minimum absolute atomic E-state index is 0.0309. The Kier molecular flexibility index (Phi) is 7.29. The van der Waals surface area contributed by atoms with E-state index in [1.807, 2.05) is 36.4 Å². The van der Waals surface area contributed by atoms with Gasteiger partial charge in [0.1, 0.15) is 0 Å². The molecule has 0 fully saturated rings. The highest BCUT2D eigenvalue weighted by atomic mass is 16.1. The van der Waals surface area contributed by atoms with Crippen LogP contribution in [0, 0.1) is 25.2 Å². The number of hydrogen-bond donors (Lipinski definition) is 1. The molecular formula is C34H33N3O. The molecule has 0 radical (unpaired) electrons. The zero-order chi connectivity index (χ0) is 26.6. The predicted octanol–water partition coefficient (Wildman–Crippen LogP) is 7.63. The number of allylic oxidation sites excluding steroid dienone is 2. The van der Waals surface area contributed by atoms with Crippen molar-refractivity contribution < 1.29 is 4.79 Å². The van der Waals surface area contributed by atoms with Gasteiger partial charge in [-0.15, -0.1) is 0 Å². The van der Waals surface area contributed by atoms with Gasteiger partial charge in [-0.05, 0) is 85.2 Å². The molecule has 4 nitrogen and oxygen atoms in total. The minimum atomic E-state index is -0.0309. The lowest BCUT2D eigenvalue weighted by atomic mass is 9.98. The van der Waals surface area contributed by atoms with Crippen LogP contribution in [0.3, 0.4) is 0 Å². The van der Waals surface area contributed by atoms with Gasteiger partial charge in [-0.1, -0.05) is 67.6 Å². The van der Waals surface area contributed by atoms with E-state index < -0.39 is 0 Å². The number of hydrogen-bond acceptors (Lipinski definition) is 2. The van der Waals surface area contributed by atoms with Gasteiger partial charge in [-0.2, -0.15) is 5.26 Å². The van der Waals surface area contributed by atoms with Crippen molar-refractivity contribution in [3.8, 4) is 17.2 Å². The molecule has 190 valence electrons. The van der Waals surface area contributed by atoms with Crippen LogP contribution in [-0.4, -0.2) is 16.5 Å². The highest BCUT2D eigenvalue weighted by molar-refractivity contribution is 5.99. The number of aryl methyl sites for hydroxylation is 1. The molecule has 1 unspecified atom stereocenters. The molecule has 0 saturated heterocycles. The summed E-state index contributed by atoms with van der Waals surface area (Å²) in [4.78, 5) is 13.2. The van der Waals surface area contributed by atoms with Crippen LogP contribution in [0.15, 0.2) is 90.5 Å². The van der Waals surface area contributed by atoms with Crippen LogP contribution >= 0.6 is 0 Å². The first kappa shape index (κ1) is 25.3. The molecule has 0 saturated carbocycles. The van der Waals surface area contributed by atoms with Crippen LogP contribution in [0.5, 0.6) is 0 Å². The second kappa shape index (κ2) is 10.9. The van der Waals surface area contributed by atoms with Gasteiger partial charge in [-0.25, -0.2) is 0 Å². The highest BCUT2D eigenvalue weighted by Gasteiger charge is 2.18. The third-order valence-electron chi connectivity index (χ3n) is 7.69. The molecule has 0 spiro atoms. The van der Waals surface area contributed by atoms with Crippen LogP contribution < -0.4 is 5.32 Å². The SMILES string of the molecule is CCC(NC(=O)c1ccc2c(c1)c(C)c(C)n2Cc1ccc(-c2ccccc2C#N)cc1)C1=CCCC=C1. The molecule has 0 bridgehead atoms. The van der Waals surface area contributed by atoms with Crippen molar-refractivity contribution in [3.63, 3.8) is 0 Å². The van der Waals surface area contributed by atoms with Gasteiger partial charge in [-0.3, -0.25) is 4.79 Å². The molecule has 38 heavy (non-hydrogen) atoms. The number of fused-ring (bicyclic) bond motifs is 1. The van der Waals surface area contributed by atoms with E-state index >= 15 is 0 Å². The van der Waals surface area contributed by atoms with Gasteiger partial charge in [0, 0.05) is 28.7 Å². The van der Waals surface area contributed by atoms with Gasteiger partial charge in [0.15, 0.2) is 0 Å². The van der Waals surface area contributed by atoms with Gasteiger partial charge in [0.25, 0.3) is 5.91 Å². The summed E-state index contributed by atoms with van der Waals surface area (Å²) < 4.78 is 2.32. The lowest BCUT2D eigenvalue weighted by molar-refractivity contribution is 0.0942. The molecule has 1 N–H and O–H groups in total. The van der Waals surface area contributed by atoms with Gasteiger partial charge >= 0.3 is 0 Å². The summed E-state index contributed by atoms with van der Waals surface area (Å²) >= 11 is 0. The maximum atomic E-state index is 13.2. The van der Waals surface area contributed by atoms with Crippen molar-refractivity contribution in [2.75, 3.05) is 0 Å². The summed E-state index contributed by atoms with van der Waals surface area (Å²) in [6.45, 7) is 7.12. The molecule has 1 atom stereocenters. The standard InChI is InChI=1S/C34H33N3O/c1-4-32(27-10-6-5-7-11-27)36-34(38)28-18-19-33-31(20-28)23(2)24(3)37(33)22-25-14-16-26(17-15-25)30-13-9-8-12-29(30)21-35/h6,8-20,32H,4-5,7,22H2,1-3H3,(H,36,38). The van der Waals surface area contributed by atoms with Gasteiger partial charge in [0.05, 0.1) is 17.7 Å². The van der Waals surface area contributed by atoms with Crippen molar-refractivity contribution in [2.24, 2.45) is 0 Å². The van der Waals surface area contributed by atoms with E-state index in [2.05, 4.69) is 85.3 Å². The molecule has 1 amide bonds. The summed E-state index contributed by atoms with van der Waals surface area (Å²) in [6, 6.07) is 24.5. The molecule has 1 aliphatic carbocycles. The number of nitrogens with zero attached hydrogens (tertiary/aromatic N) is 2. The Morgan fingerprint density at radius 2 is 1.84 bits per heavy atom. The van der Waals surface area contributed by atoms with Crippen molar-refractivity contribution in [3.05, 3.63) is 118 Å². The van der Waals surface area contributed by atoms with Crippen LogP contribution in [0.1, 0.15) is 58.9 Å². The largest absolute Gasteiger partial charge is 0.345 e. The van der Waals surface area contributed by atoms with E-state index in [4.69, 9.17) is 0 Å². The fourth-order valence-corrected chi connectivity index (χ4v) is 5.35. The fourth-order valence-electron chi connectivity index (χ4n) is 5.35. The normalized spacial score (nSPS) is 13.7. The molecule has 3 aromatic carbocycles. The highest BCUT2D eigenvalue weighted by Crippen LogP contribution is 2.29. The topological polar surface area (TPSA) is 57.8 Å². The van der Waals surface area contributed by atoms with E-state index in [-0.39, 0.29) is 11.9 Å². The predicted molar refractivity (Wildman–Crippen MR) is 155 cm³/mol.